The molecule has 0 atom stereocenters. The van der Waals surface area contributed by atoms with Gasteiger partial charge in [0.05, 0.1) is 11.8 Å². The molecule has 0 fully saturated rings. The lowest BCUT2D eigenvalue weighted by Crippen LogP contribution is -2.08. The number of hydrogen-bond donors (Lipinski definition) is 0. The van der Waals surface area contributed by atoms with Crippen LogP contribution in [0, 0.1) is 5.82 Å². The molecule has 6 nitrogen and oxygen atoms in total. The number of aromatic nitrogens is 3. The number of aryl methyl sites for hydroxylation is 1. The van der Waals surface area contributed by atoms with Gasteiger partial charge in [0.25, 0.3) is 0 Å². The number of carbonyl (C=O) groups excluding carboxylic acids is 1. The number of hydrogen-bond acceptors (Lipinski definition) is 5. The molecule has 0 unspecified atom stereocenters. The minimum Gasteiger partial charge on any atom is -0.486 e. The Bertz CT molecular complexity index is 862. The molecular weight excluding hydrogens is 325 g/mol. The molecule has 25 heavy (non-hydrogen) atoms. The molecule has 0 N–H and O–H groups in total. The van der Waals surface area contributed by atoms with E-state index in [0.29, 0.717) is 12.4 Å². The molecule has 2 aromatic heterocycles. The standard InChI is InChI=1S/C18H16FN3O3/c1-22-9-8-21-17(22)12-24-14-4-2-13(3-5-14)11-25-18(23)15-6-7-20-10-16(15)19/h2-10H,11-12H2,1H3. The van der Waals surface area contributed by atoms with Gasteiger partial charge in [0.15, 0.2) is 5.82 Å². The zero-order valence-corrected chi connectivity index (χ0v) is 13.6. The number of pyridine rings is 1. The quantitative estimate of drug-likeness (QED) is 0.645. The molecule has 0 saturated heterocycles. The van der Waals surface area contributed by atoms with Crippen LogP contribution >= 0.6 is 0 Å². The largest absolute Gasteiger partial charge is 0.486 e. The van der Waals surface area contributed by atoms with Gasteiger partial charge in [0, 0.05) is 25.6 Å². The maximum Gasteiger partial charge on any atom is 0.341 e. The predicted molar refractivity (Wildman–Crippen MR) is 87.3 cm³/mol. The molecule has 2 heterocycles. The van der Waals surface area contributed by atoms with E-state index in [1.54, 1.807) is 30.5 Å². The molecule has 0 spiro atoms. The molecule has 0 radical (unpaired) electrons. The van der Waals surface area contributed by atoms with Gasteiger partial charge in [-0.2, -0.15) is 0 Å². The summed E-state index contributed by atoms with van der Waals surface area (Å²) in [5.74, 6) is 0.0659. The van der Waals surface area contributed by atoms with Crippen LogP contribution < -0.4 is 4.74 Å². The van der Waals surface area contributed by atoms with Crippen molar-refractivity contribution in [1.29, 1.82) is 0 Å². The monoisotopic (exact) mass is 341 g/mol. The molecular formula is C18H16FN3O3. The highest BCUT2D eigenvalue weighted by molar-refractivity contribution is 5.89. The van der Waals surface area contributed by atoms with Gasteiger partial charge in [-0.25, -0.2) is 14.2 Å². The summed E-state index contributed by atoms with van der Waals surface area (Å²) >= 11 is 0. The first-order chi connectivity index (χ1) is 12.1. The van der Waals surface area contributed by atoms with Gasteiger partial charge in [-0.15, -0.1) is 0 Å². The van der Waals surface area contributed by atoms with Crippen LogP contribution in [-0.2, 0) is 25.0 Å². The number of benzene rings is 1. The van der Waals surface area contributed by atoms with Gasteiger partial charge < -0.3 is 14.0 Å². The van der Waals surface area contributed by atoms with Crippen molar-refractivity contribution < 1.29 is 18.7 Å². The molecule has 3 rings (SSSR count). The summed E-state index contributed by atoms with van der Waals surface area (Å²) in [4.78, 5) is 19.6. The van der Waals surface area contributed by atoms with Gasteiger partial charge in [-0.1, -0.05) is 12.1 Å². The summed E-state index contributed by atoms with van der Waals surface area (Å²) in [5, 5.41) is 0. The number of nitrogens with zero attached hydrogens (tertiary/aromatic N) is 3. The first-order valence-electron chi connectivity index (χ1n) is 7.58. The molecule has 3 aromatic rings. The molecule has 0 saturated carbocycles. The predicted octanol–water partition coefficient (Wildman–Crippen LogP) is 2.89. The summed E-state index contributed by atoms with van der Waals surface area (Å²) in [6.45, 7) is 0.402. The molecule has 0 amide bonds. The second-order valence-corrected chi connectivity index (χ2v) is 5.32. The molecule has 128 valence electrons. The van der Waals surface area contributed by atoms with E-state index in [4.69, 9.17) is 9.47 Å². The highest BCUT2D eigenvalue weighted by Crippen LogP contribution is 2.15. The van der Waals surface area contributed by atoms with Gasteiger partial charge >= 0.3 is 5.97 Å². The Hall–Kier alpha value is -3.22. The second-order valence-electron chi connectivity index (χ2n) is 5.32. The van der Waals surface area contributed by atoms with E-state index in [2.05, 4.69) is 9.97 Å². The lowest BCUT2D eigenvalue weighted by atomic mass is 10.2. The van der Waals surface area contributed by atoms with Crippen molar-refractivity contribution in [1.82, 2.24) is 14.5 Å². The third-order valence-corrected chi connectivity index (χ3v) is 3.57. The molecule has 0 aliphatic heterocycles. The first-order valence-corrected chi connectivity index (χ1v) is 7.58. The van der Waals surface area contributed by atoms with Crippen LogP contribution in [0.3, 0.4) is 0 Å². The Kier molecular flexibility index (Phi) is 5.03. The zero-order valence-electron chi connectivity index (χ0n) is 13.6. The van der Waals surface area contributed by atoms with Crippen LogP contribution in [-0.4, -0.2) is 20.5 Å². The molecule has 0 aliphatic carbocycles. The Morgan fingerprint density at radius 2 is 1.96 bits per heavy atom. The third-order valence-electron chi connectivity index (χ3n) is 3.57. The minimum atomic E-state index is -0.727. The third kappa shape index (κ3) is 4.20. The summed E-state index contributed by atoms with van der Waals surface area (Å²) in [6.07, 6.45) is 5.88. The summed E-state index contributed by atoms with van der Waals surface area (Å²) in [7, 11) is 1.90. The Morgan fingerprint density at radius 1 is 1.16 bits per heavy atom. The topological polar surface area (TPSA) is 66.2 Å². The Morgan fingerprint density at radius 3 is 2.64 bits per heavy atom. The van der Waals surface area contributed by atoms with Gasteiger partial charge in [0.2, 0.25) is 0 Å². The number of carbonyl (C=O) groups is 1. The lowest BCUT2D eigenvalue weighted by molar-refractivity contribution is 0.0467. The van der Waals surface area contributed by atoms with Crippen LogP contribution in [0.2, 0.25) is 0 Å². The van der Waals surface area contributed by atoms with Gasteiger partial charge in [-0.05, 0) is 23.8 Å². The number of ether oxygens (including phenoxy) is 2. The average molecular weight is 341 g/mol. The van der Waals surface area contributed by atoms with Crippen molar-refractivity contribution in [3.63, 3.8) is 0 Å². The molecule has 1 aromatic carbocycles. The van der Waals surface area contributed by atoms with Crippen molar-refractivity contribution in [2.45, 2.75) is 13.2 Å². The molecule has 0 bridgehead atoms. The molecule has 7 heteroatoms. The van der Waals surface area contributed by atoms with Crippen molar-refractivity contribution in [3.8, 4) is 5.75 Å². The summed E-state index contributed by atoms with van der Waals surface area (Å²) in [6, 6.07) is 8.40. The van der Waals surface area contributed by atoms with Crippen molar-refractivity contribution >= 4 is 5.97 Å². The fourth-order valence-electron chi connectivity index (χ4n) is 2.13. The molecule has 0 aliphatic rings. The zero-order chi connectivity index (χ0) is 17.6. The van der Waals surface area contributed by atoms with Crippen LogP contribution in [0.15, 0.2) is 55.1 Å². The summed E-state index contributed by atoms with van der Waals surface area (Å²) in [5.41, 5.74) is 0.636. The van der Waals surface area contributed by atoms with Gasteiger partial charge in [0.1, 0.15) is 24.8 Å². The Balaban J connectivity index is 1.53. The van der Waals surface area contributed by atoms with Crippen LogP contribution in [0.1, 0.15) is 21.7 Å². The average Bonchev–Trinajstić information content (AvgIpc) is 3.04. The maximum atomic E-state index is 13.5. The number of imidazole rings is 1. The number of rotatable bonds is 6. The Labute approximate surface area is 143 Å². The minimum absolute atomic E-state index is 0.0419. The van der Waals surface area contributed by atoms with E-state index in [1.807, 2.05) is 17.8 Å². The lowest BCUT2D eigenvalue weighted by Gasteiger charge is -2.08. The number of esters is 1. The first kappa shape index (κ1) is 16.6. The summed E-state index contributed by atoms with van der Waals surface area (Å²) < 4.78 is 26.1. The van der Waals surface area contributed by atoms with E-state index in [-0.39, 0.29) is 12.2 Å². The van der Waals surface area contributed by atoms with Crippen molar-refractivity contribution in [2.24, 2.45) is 7.05 Å². The van der Waals surface area contributed by atoms with E-state index in [1.165, 1.54) is 12.3 Å². The van der Waals surface area contributed by atoms with Crippen molar-refractivity contribution in [2.75, 3.05) is 0 Å². The van der Waals surface area contributed by atoms with Crippen LogP contribution in [0.4, 0.5) is 4.39 Å². The highest BCUT2D eigenvalue weighted by Gasteiger charge is 2.12. The fraction of sp³-hybridized carbons (Fsp3) is 0.167. The normalized spacial score (nSPS) is 10.5. The van der Waals surface area contributed by atoms with E-state index in [9.17, 15) is 9.18 Å². The maximum absolute atomic E-state index is 13.5. The van der Waals surface area contributed by atoms with Gasteiger partial charge in [-0.3, -0.25) is 4.98 Å². The fourth-order valence-corrected chi connectivity index (χ4v) is 2.13. The SMILES string of the molecule is Cn1ccnc1COc1ccc(COC(=O)c2ccncc2F)cc1. The number of halogens is 1. The smallest absolute Gasteiger partial charge is 0.341 e. The van der Waals surface area contributed by atoms with E-state index < -0.39 is 11.8 Å². The van der Waals surface area contributed by atoms with Crippen molar-refractivity contribution in [3.05, 3.63) is 77.9 Å². The van der Waals surface area contributed by atoms with Crippen LogP contribution in [0.5, 0.6) is 5.75 Å². The van der Waals surface area contributed by atoms with E-state index in [0.717, 1.165) is 17.6 Å². The highest BCUT2D eigenvalue weighted by atomic mass is 19.1. The van der Waals surface area contributed by atoms with Crippen LogP contribution in [0.25, 0.3) is 0 Å². The van der Waals surface area contributed by atoms with E-state index >= 15 is 0 Å². The second kappa shape index (κ2) is 7.57.